The van der Waals surface area contributed by atoms with Gasteiger partial charge < -0.3 is 15.1 Å². The molecular weight excluding hydrogens is 258 g/mol. The van der Waals surface area contributed by atoms with Crippen LogP contribution in [0, 0.1) is 0 Å². The molecule has 0 heterocycles. The van der Waals surface area contributed by atoms with Crippen molar-refractivity contribution in [2.45, 2.75) is 19.6 Å². The Balaban J connectivity index is 2.82. The zero-order valence-electron chi connectivity index (χ0n) is 8.94. The van der Waals surface area contributed by atoms with Crippen molar-refractivity contribution in [2.24, 2.45) is 0 Å². The lowest BCUT2D eigenvalue weighted by Crippen LogP contribution is -2.26. The molecule has 0 fully saturated rings. The molecule has 2 N–H and O–H groups in total. The van der Waals surface area contributed by atoms with Crippen LogP contribution in [0.1, 0.15) is 12.5 Å². The molecule has 0 aliphatic rings. The quantitative estimate of drug-likeness (QED) is 0.879. The second-order valence-electron chi connectivity index (χ2n) is 3.66. The molecule has 0 spiro atoms. The molecule has 1 aromatic rings. The van der Waals surface area contributed by atoms with Crippen LogP contribution in [-0.4, -0.2) is 29.9 Å². The van der Waals surface area contributed by atoms with Crippen LogP contribution in [0.25, 0.3) is 0 Å². The standard InChI is InChI=1S/C11H16BrNO2/c1-8(15)6-13(2)10-4-3-9(7-14)11(12)5-10/h3-5,8,14-15H,6-7H2,1-2H3. The van der Waals surface area contributed by atoms with Crippen molar-refractivity contribution in [3.05, 3.63) is 28.2 Å². The first kappa shape index (κ1) is 12.5. The fourth-order valence-corrected chi connectivity index (χ4v) is 1.90. The van der Waals surface area contributed by atoms with Gasteiger partial charge in [0.15, 0.2) is 0 Å². The van der Waals surface area contributed by atoms with E-state index in [2.05, 4.69) is 15.9 Å². The van der Waals surface area contributed by atoms with E-state index in [-0.39, 0.29) is 12.7 Å². The van der Waals surface area contributed by atoms with E-state index in [1.807, 2.05) is 30.1 Å². The summed E-state index contributed by atoms with van der Waals surface area (Å²) in [6.45, 7) is 2.37. The molecule has 84 valence electrons. The Bertz CT molecular complexity index is 328. The number of anilines is 1. The number of hydrogen-bond acceptors (Lipinski definition) is 3. The van der Waals surface area contributed by atoms with Gasteiger partial charge in [-0.05, 0) is 24.6 Å². The number of aliphatic hydroxyl groups is 2. The van der Waals surface area contributed by atoms with Crippen molar-refractivity contribution in [3.8, 4) is 0 Å². The van der Waals surface area contributed by atoms with Crippen LogP contribution >= 0.6 is 15.9 Å². The van der Waals surface area contributed by atoms with Gasteiger partial charge in [-0.15, -0.1) is 0 Å². The van der Waals surface area contributed by atoms with E-state index in [0.29, 0.717) is 6.54 Å². The number of rotatable bonds is 4. The third kappa shape index (κ3) is 3.48. The molecule has 1 unspecified atom stereocenters. The molecule has 0 amide bonds. The van der Waals surface area contributed by atoms with E-state index in [1.54, 1.807) is 6.92 Å². The minimum absolute atomic E-state index is 0.0288. The molecule has 1 rings (SSSR count). The summed E-state index contributed by atoms with van der Waals surface area (Å²) in [5, 5.41) is 18.3. The average molecular weight is 274 g/mol. The zero-order chi connectivity index (χ0) is 11.4. The predicted octanol–water partition coefficient (Wildman–Crippen LogP) is 1.76. The molecule has 0 aliphatic carbocycles. The SMILES string of the molecule is CC(O)CN(C)c1ccc(CO)c(Br)c1. The fraction of sp³-hybridized carbons (Fsp3) is 0.455. The van der Waals surface area contributed by atoms with E-state index < -0.39 is 0 Å². The van der Waals surface area contributed by atoms with Gasteiger partial charge in [-0.1, -0.05) is 22.0 Å². The van der Waals surface area contributed by atoms with E-state index in [1.165, 1.54) is 0 Å². The van der Waals surface area contributed by atoms with E-state index in [4.69, 9.17) is 5.11 Å². The molecule has 4 heteroatoms. The van der Waals surface area contributed by atoms with E-state index in [0.717, 1.165) is 15.7 Å². The Morgan fingerprint density at radius 2 is 2.13 bits per heavy atom. The number of nitrogens with zero attached hydrogens (tertiary/aromatic N) is 1. The second kappa shape index (κ2) is 5.49. The van der Waals surface area contributed by atoms with Crippen LogP contribution in [0.2, 0.25) is 0 Å². The number of halogens is 1. The molecule has 0 aliphatic heterocycles. The van der Waals surface area contributed by atoms with E-state index >= 15 is 0 Å². The van der Waals surface area contributed by atoms with E-state index in [9.17, 15) is 5.11 Å². The van der Waals surface area contributed by atoms with Gasteiger partial charge in [0.2, 0.25) is 0 Å². The van der Waals surface area contributed by atoms with Crippen molar-refractivity contribution >= 4 is 21.6 Å². The van der Waals surface area contributed by atoms with Crippen molar-refractivity contribution in [3.63, 3.8) is 0 Å². The summed E-state index contributed by atoms with van der Waals surface area (Å²) in [5.41, 5.74) is 1.88. The highest BCUT2D eigenvalue weighted by Gasteiger charge is 2.06. The predicted molar refractivity (Wildman–Crippen MR) is 65.0 cm³/mol. The van der Waals surface area contributed by atoms with Crippen molar-refractivity contribution in [2.75, 3.05) is 18.5 Å². The minimum Gasteiger partial charge on any atom is -0.392 e. The summed E-state index contributed by atoms with van der Waals surface area (Å²) in [5.74, 6) is 0. The maximum Gasteiger partial charge on any atom is 0.0692 e. The maximum atomic E-state index is 9.26. The molecule has 1 aromatic carbocycles. The summed E-state index contributed by atoms with van der Waals surface area (Å²) in [7, 11) is 1.92. The van der Waals surface area contributed by atoms with Gasteiger partial charge in [-0.25, -0.2) is 0 Å². The molecular formula is C11H16BrNO2. The molecule has 0 bridgehead atoms. The second-order valence-corrected chi connectivity index (χ2v) is 4.52. The molecule has 0 saturated carbocycles. The molecule has 3 nitrogen and oxygen atoms in total. The molecule has 0 aromatic heterocycles. The van der Waals surface area contributed by atoms with Crippen molar-refractivity contribution in [1.29, 1.82) is 0 Å². The largest absolute Gasteiger partial charge is 0.392 e. The Labute approximate surface area is 98.5 Å². The molecule has 1 atom stereocenters. The lowest BCUT2D eigenvalue weighted by atomic mass is 10.2. The average Bonchev–Trinajstić information content (AvgIpc) is 2.16. The summed E-state index contributed by atoms with van der Waals surface area (Å²) in [6.07, 6.45) is -0.355. The van der Waals surface area contributed by atoms with Crippen LogP contribution in [0.4, 0.5) is 5.69 Å². The minimum atomic E-state index is -0.355. The van der Waals surface area contributed by atoms with Crippen LogP contribution in [0.3, 0.4) is 0 Å². The Morgan fingerprint density at radius 1 is 1.47 bits per heavy atom. The van der Waals surface area contributed by atoms with Crippen LogP contribution in [-0.2, 0) is 6.61 Å². The highest BCUT2D eigenvalue weighted by Crippen LogP contribution is 2.23. The van der Waals surface area contributed by atoms with Gasteiger partial charge in [0.05, 0.1) is 12.7 Å². The van der Waals surface area contributed by atoms with Crippen LogP contribution in [0.15, 0.2) is 22.7 Å². The number of aliphatic hydroxyl groups excluding tert-OH is 2. The topological polar surface area (TPSA) is 43.7 Å². The van der Waals surface area contributed by atoms with Gasteiger partial charge in [-0.3, -0.25) is 0 Å². The van der Waals surface area contributed by atoms with Gasteiger partial charge in [-0.2, -0.15) is 0 Å². The first-order chi connectivity index (χ1) is 7.04. The normalized spacial score (nSPS) is 12.6. The fourth-order valence-electron chi connectivity index (χ4n) is 1.40. The lowest BCUT2D eigenvalue weighted by molar-refractivity contribution is 0.201. The molecule has 0 saturated heterocycles. The summed E-state index contributed by atoms with van der Waals surface area (Å²) in [6, 6.07) is 5.74. The van der Waals surface area contributed by atoms with Gasteiger partial charge in [0, 0.05) is 23.8 Å². The Morgan fingerprint density at radius 3 is 2.60 bits per heavy atom. The number of hydrogen-bond donors (Lipinski definition) is 2. The van der Waals surface area contributed by atoms with Crippen molar-refractivity contribution in [1.82, 2.24) is 0 Å². The first-order valence-electron chi connectivity index (χ1n) is 4.83. The Hall–Kier alpha value is -0.580. The highest BCUT2D eigenvalue weighted by molar-refractivity contribution is 9.10. The van der Waals surface area contributed by atoms with Gasteiger partial charge in [0.1, 0.15) is 0 Å². The van der Waals surface area contributed by atoms with Gasteiger partial charge in [0.25, 0.3) is 0 Å². The van der Waals surface area contributed by atoms with Crippen molar-refractivity contribution < 1.29 is 10.2 Å². The van der Waals surface area contributed by atoms with Crippen LogP contribution < -0.4 is 4.90 Å². The van der Waals surface area contributed by atoms with Gasteiger partial charge >= 0.3 is 0 Å². The third-order valence-corrected chi connectivity index (χ3v) is 2.92. The zero-order valence-corrected chi connectivity index (χ0v) is 10.5. The maximum absolute atomic E-state index is 9.26. The lowest BCUT2D eigenvalue weighted by Gasteiger charge is -2.21. The summed E-state index contributed by atoms with van der Waals surface area (Å²) < 4.78 is 0.889. The third-order valence-electron chi connectivity index (χ3n) is 2.19. The monoisotopic (exact) mass is 273 g/mol. The highest BCUT2D eigenvalue weighted by atomic mass is 79.9. The van der Waals surface area contributed by atoms with Crippen LogP contribution in [0.5, 0.6) is 0 Å². The summed E-state index contributed by atoms with van der Waals surface area (Å²) >= 11 is 3.39. The molecule has 15 heavy (non-hydrogen) atoms. The first-order valence-corrected chi connectivity index (χ1v) is 5.62. The summed E-state index contributed by atoms with van der Waals surface area (Å²) in [4.78, 5) is 1.97. The Kier molecular flexibility index (Phi) is 4.57. The molecule has 0 radical (unpaired) electrons. The number of benzene rings is 1. The number of likely N-dealkylation sites (N-methyl/N-ethyl adjacent to an activating group) is 1. The smallest absolute Gasteiger partial charge is 0.0692 e.